The number of benzene rings is 2. The van der Waals surface area contributed by atoms with Crippen LogP contribution in [0.25, 0.3) is 0 Å². The van der Waals surface area contributed by atoms with Crippen molar-refractivity contribution in [2.24, 2.45) is 0 Å². The topological polar surface area (TPSA) is 20.3 Å². The van der Waals surface area contributed by atoms with Crippen molar-refractivity contribution in [3.8, 4) is 0 Å². The molecule has 1 unspecified atom stereocenters. The van der Waals surface area contributed by atoms with Gasteiger partial charge in [0.05, 0.1) is 11.1 Å². The molecule has 1 aliphatic heterocycles. The minimum absolute atomic E-state index is 0.309. The second kappa shape index (κ2) is 6.69. The van der Waals surface area contributed by atoms with Crippen LogP contribution in [0.2, 0.25) is 5.02 Å². The predicted octanol–water partition coefficient (Wildman–Crippen LogP) is 5.25. The van der Waals surface area contributed by atoms with E-state index in [4.69, 9.17) is 11.6 Å². The van der Waals surface area contributed by atoms with Gasteiger partial charge in [0.2, 0.25) is 0 Å². The molecule has 7 heteroatoms. The van der Waals surface area contributed by atoms with Gasteiger partial charge in [-0.25, -0.2) is 0 Å². The van der Waals surface area contributed by atoms with E-state index in [0.29, 0.717) is 17.3 Å². The lowest BCUT2D eigenvalue weighted by Crippen LogP contribution is -2.32. The quantitative estimate of drug-likeness (QED) is 0.719. The van der Waals surface area contributed by atoms with Gasteiger partial charge in [-0.3, -0.25) is 4.79 Å². The standard InChI is InChI=1S/C17H13ClF3NOS/c18-12-7-5-11(6-8-12)16-22(9-10-24-16)15(23)13-3-1-2-4-14(13)17(19,20)21/h1-8,16H,9-10H2. The summed E-state index contributed by atoms with van der Waals surface area (Å²) in [5.74, 6) is 0.0700. The van der Waals surface area contributed by atoms with Crippen LogP contribution in [-0.4, -0.2) is 23.1 Å². The fourth-order valence-electron chi connectivity index (χ4n) is 2.65. The van der Waals surface area contributed by atoms with Gasteiger partial charge in [-0.15, -0.1) is 11.8 Å². The molecule has 1 heterocycles. The van der Waals surface area contributed by atoms with Crippen LogP contribution < -0.4 is 0 Å². The summed E-state index contributed by atoms with van der Waals surface area (Å²) in [6.45, 7) is 0.406. The Balaban J connectivity index is 1.94. The first-order valence-electron chi connectivity index (χ1n) is 7.22. The number of carbonyl (C=O) groups is 1. The Morgan fingerprint density at radius 2 is 1.79 bits per heavy atom. The molecule has 3 rings (SSSR count). The maximum Gasteiger partial charge on any atom is 0.417 e. The Kier molecular flexibility index (Phi) is 4.78. The van der Waals surface area contributed by atoms with Crippen LogP contribution in [0, 0.1) is 0 Å². The van der Waals surface area contributed by atoms with Gasteiger partial charge in [0.15, 0.2) is 0 Å². The van der Waals surface area contributed by atoms with E-state index in [1.54, 1.807) is 24.3 Å². The van der Waals surface area contributed by atoms with E-state index in [1.807, 2.05) is 0 Å². The minimum Gasteiger partial charge on any atom is -0.322 e. The van der Waals surface area contributed by atoms with Crippen LogP contribution in [0.4, 0.5) is 13.2 Å². The summed E-state index contributed by atoms with van der Waals surface area (Å²) in [5, 5.41) is 0.262. The first-order chi connectivity index (χ1) is 11.4. The van der Waals surface area contributed by atoms with Gasteiger partial charge in [-0.2, -0.15) is 13.2 Å². The molecule has 1 fully saturated rings. The van der Waals surface area contributed by atoms with E-state index in [2.05, 4.69) is 0 Å². The molecule has 2 aromatic carbocycles. The zero-order valence-corrected chi connectivity index (χ0v) is 14.0. The van der Waals surface area contributed by atoms with E-state index in [9.17, 15) is 18.0 Å². The third-order valence-corrected chi connectivity index (χ3v) is 5.28. The van der Waals surface area contributed by atoms with Crippen molar-refractivity contribution >= 4 is 29.3 Å². The van der Waals surface area contributed by atoms with E-state index < -0.39 is 17.6 Å². The largest absolute Gasteiger partial charge is 0.417 e. The van der Waals surface area contributed by atoms with E-state index in [-0.39, 0.29) is 10.9 Å². The van der Waals surface area contributed by atoms with Gasteiger partial charge in [0.1, 0.15) is 5.37 Å². The van der Waals surface area contributed by atoms with Gasteiger partial charge in [0, 0.05) is 17.3 Å². The highest BCUT2D eigenvalue weighted by molar-refractivity contribution is 7.99. The van der Waals surface area contributed by atoms with Crippen LogP contribution in [0.3, 0.4) is 0 Å². The molecular formula is C17H13ClF3NOS. The molecule has 1 atom stereocenters. The summed E-state index contributed by atoms with van der Waals surface area (Å²) >= 11 is 7.40. The van der Waals surface area contributed by atoms with Gasteiger partial charge in [-0.05, 0) is 29.8 Å². The lowest BCUT2D eigenvalue weighted by atomic mass is 10.1. The minimum atomic E-state index is -4.56. The van der Waals surface area contributed by atoms with Crippen LogP contribution >= 0.6 is 23.4 Å². The van der Waals surface area contributed by atoms with Gasteiger partial charge < -0.3 is 4.90 Å². The molecule has 0 aliphatic carbocycles. The molecule has 0 N–H and O–H groups in total. The molecule has 0 saturated carbocycles. The van der Waals surface area contributed by atoms with Gasteiger partial charge >= 0.3 is 6.18 Å². The molecule has 0 bridgehead atoms. The van der Waals surface area contributed by atoms with Crippen LogP contribution in [0.1, 0.15) is 26.9 Å². The second-order valence-corrected chi connectivity index (χ2v) is 6.94. The molecule has 0 aromatic heterocycles. The first-order valence-corrected chi connectivity index (χ1v) is 8.65. The van der Waals surface area contributed by atoms with Crippen molar-refractivity contribution in [3.63, 3.8) is 0 Å². The van der Waals surface area contributed by atoms with Crippen molar-refractivity contribution in [2.75, 3.05) is 12.3 Å². The van der Waals surface area contributed by atoms with E-state index in [1.165, 1.54) is 34.9 Å². The number of hydrogen-bond acceptors (Lipinski definition) is 2. The molecule has 1 aliphatic rings. The number of amides is 1. The highest BCUT2D eigenvalue weighted by Crippen LogP contribution is 2.40. The summed E-state index contributed by atoms with van der Waals surface area (Å²) in [7, 11) is 0. The summed E-state index contributed by atoms with van der Waals surface area (Å²) < 4.78 is 39.5. The lowest BCUT2D eigenvalue weighted by Gasteiger charge is -2.25. The predicted molar refractivity (Wildman–Crippen MR) is 89.1 cm³/mol. The normalized spacial score (nSPS) is 18.0. The van der Waals surface area contributed by atoms with Crippen molar-refractivity contribution in [1.29, 1.82) is 0 Å². The van der Waals surface area contributed by atoms with E-state index in [0.717, 1.165) is 11.6 Å². The molecule has 24 heavy (non-hydrogen) atoms. The number of rotatable bonds is 2. The summed E-state index contributed by atoms with van der Waals surface area (Å²) in [5.41, 5.74) is -0.368. The molecule has 1 saturated heterocycles. The average Bonchev–Trinajstić information content (AvgIpc) is 3.03. The Bertz CT molecular complexity index is 748. The zero-order valence-electron chi connectivity index (χ0n) is 12.4. The lowest BCUT2D eigenvalue weighted by molar-refractivity contribution is -0.138. The van der Waals surface area contributed by atoms with Gasteiger partial charge in [0.25, 0.3) is 5.91 Å². The number of carbonyl (C=O) groups excluding carboxylic acids is 1. The highest BCUT2D eigenvalue weighted by Gasteiger charge is 2.38. The highest BCUT2D eigenvalue weighted by atomic mass is 35.5. The summed E-state index contributed by atoms with van der Waals surface area (Å²) in [6.07, 6.45) is -4.56. The Morgan fingerprint density at radius 3 is 2.46 bits per heavy atom. The molecular weight excluding hydrogens is 359 g/mol. The molecule has 2 nitrogen and oxygen atoms in total. The van der Waals surface area contributed by atoms with Crippen molar-refractivity contribution in [2.45, 2.75) is 11.6 Å². The molecule has 0 radical (unpaired) electrons. The summed E-state index contributed by atoms with van der Waals surface area (Å²) in [4.78, 5) is 14.2. The van der Waals surface area contributed by atoms with Gasteiger partial charge in [-0.1, -0.05) is 35.9 Å². The monoisotopic (exact) mass is 371 g/mol. The summed E-state index contributed by atoms with van der Waals surface area (Å²) in [6, 6.07) is 11.9. The number of hydrogen-bond donors (Lipinski definition) is 0. The molecule has 1 amide bonds. The SMILES string of the molecule is O=C(c1ccccc1C(F)(F)F)N1CCSC1c1ccc(Cl)cc1. The zero-order chi connectivity index (χ0) is 17.3. The third kappa shape index (κ3) is 3.39. The van der Waals surface area contributed by atoms with Crippen molar-refractivity contribution < 1.29 is 18.0 Å². The Hall–Kier alpha value is -1.66. The number of thioether (sulfide) groups is 1. The van der Waals surface area contributed by atoms with Crippen molar-refractivity contribution in [3.05, 3.63) is 70.2 Å². The smallest absolute Gasteiger partial charge is 0.322 e. The van der Waals surface area contributed by atoms with E-state index >= 15 is 0 Å². The number of nitrogens with zero attached hydrogens (tertiary/aromatic N) is 1. The number of halogens is 4. The second-order valence-electron chi connectivity index (χ2n) is 5.32. The molecule has 0 spiro atoms. The molecule has 2 aromatic rings. The number of alkyl halides is 3. The fraction of sp³-hybridized carbons (Fsp3) is 0.235. The maximum absolute atomic E-state index is 13.2. The maximum atomic E-state index is 13.2. The Morgan fingerprint density at radius 1 is 1.12 bits per heavy atom. The first kappa shape index (κ1) is 17.2. The Labute approximate surface area is 146 Å². The van der Waals surface area contributed by atoms with Crippen LogP contribution in [0.5, 0.6) is 0 Å². The fourth-order valence-corrected chi connectivity index (χ4v) is 4.04. The van der Waals surface area contributed by atoms with Crippen LogP contribution in [-0.2, 0) is 6.18 Å². The van der Waals surface area contributed by atoms with Crippen molar-refractivity contribution in [1.82, 2.24) is 4.90 Å². The average molecular weight is 372 g/mol. The van der Waals surface area contributed by atoms with Crippen LogP contribution in [0.15, 0.2) is 48.5 Å². The third-order valence-electron chi connectivity index (χ3n) is 3.77. The molecule has 126 valence electrons.